The predicted octanol–water partition coefficient (Wildman–Crippen LogP) is 1.90. The first-order valence-electron chi connectivity index (χ1n) is 7.99. The van der Waals surface area contributed by atoms with Gasteiger partial charge in [0.1, 0.15) is 24.5 Å². The number of esters is 4. The standard InChI is InChI=1S/C18H22O8/c1-11(2)17(21)23-9-14(25-12(3)19)10-24-18(22)15-7-5-6-8-16(15)26-13(4)20/h5-8,11,14H,9-10H2,1-4H3. The molecular weight excluding hydrogens is 344 g/mol. The molecule has 0 aliphatic rings. The number of para-hydroxylation sites is 1. The molecule has 0 bridgehead atoms. The SMILES string of the molecule is CC(=O)Oc1ccccc1C(=O)OCC(COC(=O)C(C)C)OC(C)=O. The molecule has 0 saturated carbocycles. The number of hydrogen-bond acceptors (Lipinski definition) is 8. The van der Waals surface area contributed by atoms with Crippen LogP contribution in [0.1, 0.15) is 38.1 Å². The zero-order valence-electron chi connectivity index (χ0n) is 15.1. The summed E-state index contributed by atoms with van der Waals surface area (Å²) in [5.74, 6) is -2.70. The van der Waals surface area contributed by atoms with Crippen LogP contribution < -0.4 is 4.74 Å². The Kier molecular flexibility index (Phi) is 8.27. The van der Waals surface area contributed by atoms with Crippen molar-refractivity contribution in [2.45, 2.75) is 33.8 Å². The first kappa shape index (κ1) is 21.1. The van der Waals surface area contributed by atoms with Gasteiger partial charge in [0.05, 0.1) is 5.92 Å². The summed E-state index contributed by atoms with van der Waals surface area (Å²) in [7, 11) is 0. The number of carbonyl (C=O) groups excluding carboxylic acids is 4. The van der Waals surface area contributed by atoms with Crippen molar-refractivity contribution in [2.75, 3.05) is 13.2 Å². The largest absolute Gasteiger partial charge is 0.461 e. The zero-order valence-corrected chi connectivity index (χ0v) is 15.1. The van der Waals surface area contributed by atoms with Crippen molar-refractivity contribution in [3.8, 4) is 5.75 Å². The van der Waals surface area contributed by atoms with Gasteiger partial charge in [0.25, 0.3) is 0 Å². The van der Waals surface area contributed by atoms with Gasteiger partial charge in [-0.2, -0.15) is 0 Å². The third kappa shape index (κ3) is 7.33. The van der Waals surface area contributed by atoms with Crippen LogP contribution in [0.5, 0.6) is 5.75 Å². The molecule has 142 valence electrons. The molecule has 0 aliphatic heterocycles. The maximum Gasteiger partial charge on any atom is 0.342 e. The van der Waals surface area contributed by atoms with E-state index in [-0.39, 0.29) is 30.4 Å². The van der Waals surface area contributed by atoms with Gasteiger partial charge in [-0.05, 0) is 12.1 Å². The molecule has 0 aliphatic carbocycles. The Bertz CT molecular complexity index is 665. The molecule has 1 atom stereocenters. The Hall–Kier alpha value is -2.90. The Labute approximate surface area is 151 Å². The first-order valence-corrected chi connectivity index (χ1v) is 7.99. The van der Waals surface area contributed by atoms with Crippen LogP contribution >= 0.6 is 0 Å². The highest BCUT2D eigenvalue weighted by molar-refractivity contribution is 5.93. The molecular formula is C18H22O8. The maximum atomic E-state index is 12.2. The zero-order chi connectivity index (χ0) is 19.7. The van der Waals surface area contributed by atoms with E-state index in [9.17, 15) is 19.2 Å². The van der Waals surface area contributed by atoms with E-state index in [4.69, 9.17) is 18.9 Å². The molecule has 0 aromatic heterocycles. The highest BCUT2D eigenvalue weighted by atomic mass is 16.6. The molecule has 8 nitrogen and oxygen atoms in total. The summed E-state index contributed by atoms with van der Waals surface area (Å²) in [6.45, 7) is 5.16. The molecule has 0 spiro atoms. The molecule has 0 radical (unpaired) electrons. The van der Waals surface area contributed by atoms with E-state index in [1.54, 1.807) is 26.0 Å². The highest BCUT2D eigenvalue weighted by Gasteiger charge is 2.21. The number of hydrogen-bond donors (Lipinski definition) is 0. The van der Waals surface area contributed by atoms with Crippen LogP contribution in [-0.2, 0) is 28.6 Å². The third-order valence-corrected chi connectivity index (χ3v) is 2.98. The van der Waals surface area contributed by atoms with Crippen molar-refractivity contribution in [3.05, 3.63) is 29.8 Å². The van der Waals surface area contributed by atoms with Crippen LogP contribution in [0.2, 0.25) is 0 Å². The minimum absolute atomic E-state index is 0.0449. The Morgan fingerprint density at radius 2 is 1.54 bits per heavy atom. The van der Waals surface area contributed by atoms with Gasteiger partial charge in [0.15, 0.2) is 6.10 Å². The fraction of sp³-hybridized carbons (Fsp3) is 0.444. The number of ether oxygens (including phenoxy) is 4. The van der Waals surface area contributed by atoms with E-state index in [1.807, 2.05) is 0 Å². The molecule has 0 fully saturated rings. The minimum atomic E-state index is -0.944. The molecule has 0 amide bonds. The third-order valence-electron chi connectivity index (χ3n) is 2.98. The van der Waals surface area contributed by atoms with E-state index in [0.29, 0.717) is 0 Å². The van der Waals surface area contributed by atoms with Gasteiger partial charge in [-0.3, -0.25) is 14.4 Å². The lowest BCUT2D eigenvalue weighted by Crippen LogP contribution is -2.31. The molecule has 1 unspecified atom stereocenters. The van der Waals surface area contributed by atoms with E-state index < -0.39 is 30.0 Å². The fourth-order valence-corrected chi connectivity index (χ4v) is 1.82. The molecule has 1 rings (SSSR count). The smallest absolute Gasteiger partial charge is 0.342 e. The van der Waals surface area contributed by atoms with Crippen LogP contribution in [0.25, 0.3) is 0 Å². The lowest BCUT2D eigenvalue weighted by Gasteiger charge is -2.18. The summed E-state index contributed by atoms with van der Waals surface area (Å²) in [4.78, 5) is 46.0. The molecule has 0 N–H and O–H groups in total. The van der Waals surface area contributed by atoms with Crippen molar-refractivity contribution in [1.29, 1.82) is 0 Å². The molecule has 1 aromatic carbocycles. The monoisotopic (exact) mass is 366 g/mol. The van der Waals surface area contributed by atoms with Crippen molar-refractivity contribution in [2.24, 2.45) is 5.92 Å². The van der Waals surface area contributed by atoms with Gasteiger partial charge in [-0.1, -0.05) is 26.0 Å². The Morgan fingerprint density at radius 1 is 0.923 bits per heavy atom. The van der Waals surface area contributed by atoms with Gasteiger partial charge in [-0.15, -0.1) is 0 Å². The average molecular weight is 366 g/mol. The predicted molar refractivity (Wildman–Crippen MR) is 89.4 cm³/mol. The van der Waals surface area contributed by atoms with E-state index >= 15 is 0 Å². The van der Waals surface area contributed by atoms with Crippen LogP contribution in [-0.4, -0.2) is 43.2 Å². The summed E-state index contributed by atoms with van der Waals surface area (Å²) in [6, 6.07) is 6.06. The van der Waals surface area contributed by atoms with Crippen LogP contribution in [0.4, 0.5) is 0 Å². The second kappa shape index (κ2) is 10.2. The Morgan fingerprint density at radius 3 is 2.12 bits per heavy atom. The lowest BCUT2D eigenvalue weighted by atomic mass is 10.2. The lowest BCUT2D eigenvalue weighted by molar-refractivity contribution is -0.161. The number of benzene rings is 1. The molecule has 26 heavy (non-hydrogen) atoms. The second-order valence-corrected chi connectivity index (χ2v) is 5.70. The van der Waals surface area contributed by atoms with Gasteiger partial charge in [0, 0.05) is 13.8 Å². The van der Waals surface area contributed by atoms with Crippen molar-refractivity contribution >= 4 is 23.9 Å². The summed E-state index contributed by atoms with van der Waals surface area (Å²) in [5, 5.41) is 0. The summed E-state index contributed by atoms with van der Waals surface area (Å²) >= 11 is 0. The van der Waals surface area contributed by atoms with E-state index in [2.05, 4.69) is 0 Å². The van der Waals surface area contributed by atoms with Crippen LogP contribution in [0.15, 0.2) is 24.3 Å². The van der Waals surface area contributed by atoms with Crippen molar-refractivity contribution < 1.29 is 38.1 Å². The summed E-state index contributed by atoms with van der Waals surface area (Å²) in [5.41, 5.74) is 0.0449. The topological polar surface area (TPSA) is 105 Å². The first-order chi connectivity index (χ1) is 12.2. The number of carbonyl (C=O) groups is 4. The molecule has 0 saturated heterocycles. The van der Waals surface area contributed by atoms with E-state index in [1.165, 1.54) is 26.0 Å². The van der Waals surface area contributed by atoms with Crippen molar-refractivity contribution in [3.63, 3.8) is 0 Å². The number of rotatable bonds is 8. The van der Waals surface area contributed by atoms with Crippen LogP contribution in [0, 0.1) is 5.92 Å². The summed E-state index contributed by atoms with van der Waals surface area (Å²) < 4.78 is 20.0. The highest BCUT2D eigenvalue weighted by Crippen LogP contribution is 2.19. The quantitative estimate of drug-likeness (QED) is 0.390. The fourth-order valence-electron chi connectivity index (χ4n) is 1.82. The Balaban J connectivity index is 2.72. The van der Waals surface area contributed by atoms with Crippen molar-refractivity contribution in [1.82, 2.24) is 0 Å². The maximum absolute atomic E-state index is 12.2. The molecule has 8 heteroatoms. The van der Waals surface area contributed by atoms with Gasteiger partial charge >= 0.3 is 23.9 Å². The second-order valence-electron chi connectivity index (χ2n) is 5.70. The normalized spacial score (nSPS) is 11.4. The molecule has 0 heterocycles. The van der Waals surface area contributed by atoms with Crippen LogP contribution in [0.3, 0.4) is 0 Å². The minimum Gasteiger partial charge on any atom is -0.461 e. The van der Waals surface area contributed by atoms with Gasteiger partial charge in [0.2, 0.25) is 0 Å². The molecule has 1 aromatic rings. The van der Waals surface area contributed by atoms with E-state index in [0.717, 1.165) is 0 Å². The van der Waals surface area contributed by atoms with Gasteiger partial charge < -0.3 is 18.9 Å². The average Bonchev–Trinajstić information content (AvgIpc) is 2.56. The van der Waals surface area contributed by atoms with Gasteiger partial charge in [-0.25, -0.2) is 4.79 Å². The summed E-state index contributed by atoms with van der Waals surface area (Å²) in [6.07, 6.45) is -0.944.